The van der Waals surface area contributed by atoms with E-state index in [1.54, 1.807) is 0 Å². The SMILES string of the molecule is C=CCCCCCCCC(C(N)=O)C(C)CO. The van der Waals surface area contributed by atoms with Crippen LogP contribution < -0.4 is 5.73 Å². The fraction of sp³-hybridized carbons (Fsp3) is 0.786. The lowest BCUT2D eigenvalue weighted by Crippen LogP contribution is -2.30. The van der Waals surface area contributed by atoms with Gasteiger partial charge in [-0.1, -0.05) is 38.7 Å². The minimum Gasteiger partial charge on any atom is -0.396 e. The molecule has 17 heavy (non-hydrogen) atoms. The summed E-state index contributed by atoms with van der Waals surface area (Å²) in [6, 6.07) is 0. The van der Waals surface area contributed by atoms with Crippen molar-refractivity contribution in [3.8, 4) is 0 Å². The second-order valence-electron chi connectivity index (χ2n) is 4.80. The van der Waals surface area contributed by atoms with Crippen LogP contribution in [0.25, 0.3) is 0 Å². The van der Waals surface area contributed by atoms with E-state index in [9.17, 15) is 4.79 Å². The summed E-state index contributed by atoms with van der Waals surface area (Å²) >= 11 is 0. The molecule has 0 bridgehead atoms. The van der Waals surface area contributed by atoms with Crippen molar-refractivity contribution in [1.82, 2.24) is 0 Å². The van der Waals surface area contributed by atoms with E-state index in [1.165, 1.54) is 19.3 Å². The lowest BCUT2D eigenvalue weighted by atomic mass is 9.89. The second-order valence-corrected chi connectivity index (χ2v) is 4.80. The van der Waals surface area contributed by atoms with Crippen LogP contribution in [-0.2, 0) is 4.79 Å². The highest BCUT2D eigenvalue weighted by atomic mass is 16.3. The molecule has 2 atom stereocenters. The quantitative estimate of drug-likeness (QED) is 0.431. The number of primary amides is 1. The number of amides is 1. The third-order valence-electron chi connectivity index (χ3n) is 3.26. The molecular weight excluding hydrogens is 214 g/mol. The number of aliphatic hydroxyl groups is 1. The number of hydrogen-bond acceptors (Lipinski definition) is 2. The molecule has 0 aliphatic heterocycles. The summed E-state index contributed by atoms with van der Waals surface area (Å²) in [5.41, 5.74) is 5.33. The first kappa shape index (κ1) is 16.2. The fourth-order valence-electron chi connectivity index (χ4n) is 2.02. The van der Waals surface area contributed by atoms with Gasteiger partial charge in [-0.05, 0) is 25.2 Å². The topological polar surface area (TPSA) is 63.3 Å². The van der Waals surface area contributed by atoms with E-state index in [1.807, 2.05) is 13.0 Å². The predicted molar refractivity (Wildman–Crippen MR) is 71.5 cm³/mol. The first-order valence-corrected chi connectivity index (χ1v) is 6.64. The molecule has 3 nitrogen and oxygen atoms in total. The zero-order valence-corrected chi connectivity index (χ0v) is 11.0. The molecule has 0 radical (unpaired) electrons. The maximum Gasteiger partial charge on any atom is 0.220 e. The highest BCUT2D eigenvalue weighted by Gasteiger charge is 2.21. The average Bonchev–Trinajstić information content (AvgIpc) is 2.31. The Labute approximate surface area is 105 Å². The lowest BCUT2D eigenvalue weighted by Gasteiger charge is -2.18. The molecular formula is C14H27NO2. The Balaban J connectivity index is 3.62. The smallest absolute Gasteiger partial charge is 0.220 e. The summed E-state index contributed by atoms with van der Waals surface area (Å²) in [6.45, 7) is 5.60. The lowest BCUT2D eigenvalue weighted by molar-refractivity contribution is -0.124. The highest BCUT2D eigenvalue weighted by Crippen LogP contribution is 2.19. The summed E-state index contributed by atoms with van der Waals surface area (Å²) in [7, 11) is 0. The molecule has 0 aromatic rings. The normalized spacial score (nSPS) is 14.2. The van der Waals surface area contributed by atoms with E-state index in [-0.39, 0.29) is 24.3 Å². The molecule has 0 aliphatic carbocycles. The monoisotopic (exact) mass is 241 g/mol. The zero-order chi connectivity index (χ0) is 13.1. The standard InChI is InChI=1S/C14H27NO2/c1-3-4-5-6-7-8-9-10-13(14(15)17)12(2)11-16/h3,12-13,16H,1,4-11H2,2H3,(H2,15,17). The molecule has 0 saturated heterocycles. The van der Waals surface area contributed by atoms with Gasteiger partial charge in [-0.3, -0.25) is 4.79 Å². The Morgan fingerprint density at radius 2 is 1.88 bits per heavy atom. The number of hydrogen-bond donors (Lipinski definition) is 2. The first-order chi connectivity index (χ1) is 8.13. The molecule has 0 rings (SSSR count). The highest BCUT2D eigenvalue weighted by molar-refractivity contribution is 5.76. The first-order valence-electron chi connectivity index (χ1n) is 6.64. The molecule has 0 aliphatic rings. The van der Waals surface area contributed by atoms with Gasteiger partial charge in [0, 0.05) is 12.5 Å². The maximum atomic E-state index is 11.2. The molecule has 0 spiro atoms. The van der Waals surface area contributed by atoms with Crippen LogP contribution in [0.4, 0.5) is 0 Å². The van der Waals surface area contributed by atoms with Gasteiger partial charge in [0.05, 0.1) is 0 Å². The number of carbonyl (C=O) groups is 1. The molecule has 2 unspecified atom stereocenters. The Kier molecular flexibility index (Phi) is 9.83. The number of aliphatic hydroxyl groups excluding tert-OH is 1. The molecule has 0 fully saturated rings. The number of nitrogens with two attached hydrogens (primary N) is 1. The van der Waals surface area contributed by atoms with E-state index in [0.29, 0.717) is 0 Å². The van der Waals surface area contributed by atoms with E-state index in [0.717, 1.165) is 25.7 Å². The third kappa shape index (κ3) is 7.97. The average molecular weight is 241 g/mol. The van der Waals surface area contributed by atoms with Crippen molar-refractivity contribution in [2.45, 2.75) is 51.9 Å². The maximum absolute atomic E-state index is 11.2. The van der Waals surface area contributed by atoms with Gasteiger partial charge >= 0.3 is 0 Å². The molecule has 0 aromatic carbocycles. The summed E-state index contributed by atoms with van der Waals surface area (Å²) < 4.78 is 0. The number of allylic oxidation sites excluding steroid dienone is 1. The van der Waals surface area contributed by atoms with Gasteiger partial charge in [0.25, 0.3) is 0 Å². The van der Waals surface area contributed by atoms with Crippen LogP contribution in [0.2, 0.25) is 0 Å². The fourth-order valence-corrected chi connectivity index (χ4v) is 2.02. The van der Waals surface area contributed by atoms with Crippen LogP contribution in [0.1, 0.15) is 51.9 Å². The van der Waals surface area contributed by atoms with Gasteiger partial charge in [0.2, 0.25) is 5.91 Å². The largest absolute Gasteiger partial charge is 0.396 e. The van der Waals surface area contributed by atoms with Gasteiger partial charge in [0.15, 0.2) is 0 Å². The molecule has 0 aromatic heterocycles. The van der Waals surface area contributed by atoms with E-state index in [2.05, 4.69) is 6.58 Å². The Morgan fingerprint density at radius 3 is 2.41 bits per heavy atom. The van der Waals surface area contributed by atoms with E-state index < -0.39 is 0 Å². The molecule has 100 valence electrons. The van der Waals surface area contributed by atoms with Gasteiger partial charge < -0.3 is 10.8 Å². The molecule has 0 saturated carbocycles. The number of carbonyl (C=O) groups excluding carboxylic acids is 1. The van der Waals surface area contributed by atoms with E-state index >= 15 is 0 Å². The van der Waals surface area contributed by atoms with E-state index in [4.69, 9.17) is 10.8 Å². The molecule has 3 heteroatoms. The van der Waals surface area contributed by atoms with Crippen LogP contribution in [0.3, 0.4) is 0 Å². The van der Waals surface area contributed by atoms with Gasteiger partial charge in [-0.2, -0.15) is 0 Å². The van der Waals surface area contributed by atoms with Crippen LogP contribution in [0, 0.1) is 11.8 Å². The Morgan fingerprint density at radius 1 is 1.29 bits per heavy atom. The van der Waals surface area contributed by atoms with Crippen molar-refractivity contribution >= 4 is 5.91 Å². The van der Waals surface area contributed by atoms with Crippen molar-refractivity contribution in [2.24, 2.45) is 17.6 Å². The Bertz CT molecular complexity index is 216. The van der Waals surface area contributed by atoms with Crippen molar-refractivity contribution < 1.29 is 9.90 Å². The van der Waals surface area contributed by atoms with Crippen LogP contribution in [0.5, 0.6) is 0 Å². The van der Waals surface area contributed by atoms with Crippen molar-refractivity contribution in [1.29, 1.82) is 0 Å². The molecule has 0 heterocycles. The third-order valence-corrected chi connectivity index (χ3v) is 3.26. The van der Waals surface area contributed by atoms with Crippen molar-refractivity contribution in [3.05, 3.63) is 12.7 Å². The minimum atomic E-state index is -0.279. The summed E-state index contributed by atoms with van der Waals surface area (Å²) in [5.74, 6) is -0.473. The predicted octanol–water partition coefficient (Wildman–Crippen LogP) is 2.63. The van der Waals surface area contributed by atoms with Gasteiger partial charge in [0.1, 0.15) is 0 Å². The van der Waals surface area contributed by atoms with Crippen molar-refractivity contribution in [2.75, 3.05) is 6.61 Å². The van der Waals surface area contributed by atoms with Crippen LogP contribution >= 0.6 is 0 Å². The van der Waals surface area contributed by atoms with Crippen LogP contribution in [-0.4, -0.2) is 17.6 Å². The second kappa shape index (κ2) is 10.3. The Hall–Kier alpha value is -0.830. The van der Waals surface area contributed by atoms with Crippen molar-refractivity contribution in [3.63, 3.8) is 0 Å². The summed E-state index contributed by atoms with van der Waals surface area (Å²) in [6.07, 6.45) is 9.63. The molecule has 3 N–H and O–H groups in total. The summed E-state index contributed by atoms with van der Waals surface area (Å²) in [4.78, 5) is 11.2. The molecule has 1 amide bonds. The van der Waals surface area contributed by atoms with Gasteiger partial charge in [-0.25, -0.2) is 0 Å². The minimum absolute atomic E-state index is 0.0201. The van der Waals surface area contributed by atoms with Crippen LogP contribution in [0.15, 0.2) is 12.7 Å². The number of rotatable bonds is 11. The number of unbranched alkanes of at least 4 members (excludes halogenated alkanes) is 5. The summed E-state index contributed by atoms with van der Waals surface area (Å²) in [5, 5.41) is 9.04. The van der Waals surface area contributed by atoms with Gasteiger partial charge in [-0.15, -0.1) is 6.58 Å². The zero-order valence-electron chi connectivity index (χ0n) is 11.0.